The number of benzene rings is 1. The van der Waals surface area contributed by atoms with Crippen molar-refractivity contribution in [3.05, 3.63) is 83.5 Å². The molecule has 0 radical (unpaired) electrons. The van der Waals surface area contributed by atoms with Crippen molar-refractivity contribution < 1.29 is 9.32 Å². The number of carbonyl (C=O) groups is 1. The van der Waals surface area contributed by atoms with Crippen molar-refractivity contribution in [1.82, 2.24) is 15.0 Å². The van der Waals surface area contributed by atoms with Crippen molar-refractivity contribution in [2.75, 3.05) is 6.54 Å². The Kier molecular flexibility index (Phi) is 5.01. The summed E-state index contributed by atoms with van der Waals surface area (Å²) in [5.74, 6) is 0.123. The van der Waals surface area contributed by atoms with Gasteiger partial charge in [0.05, 0.1) is 5.69 Å². The topological polar surface area (TPSA) is 59.2 Å². The zero-order chi connectivity index (χ0) is 16.8. The molecule has 0 bridgehead atoms. The minimum atomic E-state index is -0.150. The normalized spacial score (nSPS) is 10.5. The quantitative estimate of drug-likeness (QED) is 0.699. The van der Waals surface area contributed by atoms with Crippen LogP contribution in [0.25, 0.3) is 0 Å². The maximum Gasteiger partial charge on any atom is 0.292 e. The lowest BCUT2D eigenvalue weighted by atomic mass is 10.1. The fourth-order valence-corrected chi connectivity index (χ4v) is 2.49. The van der Waals surface area contributed by atoms with Crippen LogP contribution in [0.1, 0.15) is 27.4 Å². The maximum absolute atomic E-state index is 12.8. The standard InChI is InChI=1S/C19H19N3O2/c1-15-13-18(24-21-15)19(23)22(14-17-7-10-20-11-8-17)12-9-16-5-3-2-4-6-16/h2-8,10-11,13H,9,12,14H2,1H3. The molecular formula is C19H19N3O2. The van der Waals surface area contributed by atoms with Crippen LogP contribution < -0.4 is 0 Å². The summed E-state index contributed by atoms with van der Waals surface area (Å²) in [6.07, 6.45) is 4.24. The molecule has 0 saturated heterocycles. The Morgan fingerprint density at radius 1 is 1.08 bits per heavy atom. The van der Waals surface area contributed by atoms with Gasteiger partial charge in [0.1, 0.15) is 0 Å². The van der Waals surface area contributed by atoms with Crippen LogP contribution >= 0.6 is 0 Å². The zero-order valence-electron chi connectivity index (χ0n) is 13.6. The Hall–Kier alpha value is -2.95. The van der Waals surface area contributed by atoms with Gasteiger partial charge in [0.25, 0.3) is 5.91 Å². The van der Waals surface area contributed by atoms with E-state index in [1.165, 1.54) is 5.56 Å². The van der Waals surface area contributed by atoms with Crippen LogP contribution in [-0.4, -0.2) is 27.5 Å². The number of pyridine rings is 1. The van der Waals surface area contributed by atoms with Gasteiger partial charge in [-0.2, -0.15) is 0 Å². The van der Waals surface area contributed by atoms with Crippen LogP contribution in [0.3, 0.4) is 0 Å². The molecule has 2 aromatic heterocycles. The van der Waals surface area contributed by atoms with Crippen LogP contribution in [0.2, 0.25) is 0 Å². The van der Waals surface area contributed by atoms with Crippen LogP contribution in [-0.2, 0) is 13.0 Å². The molecule has 1 aromatic carbocycles. The number of rotatable bonds is 6. The lowest BCUT2D eigenvalue weighted by Gasteiger charge is -2.21. The first-order chi connectivity index (χ1) is 11.7. The monoisotopic (exact) mass is 321 g/mol. The number of nitrogens with zero attached hydrogens (tertiary/aromatic N) is 3. The molecule has 0 aliphatic heterocycles. The van der Waals surface area contributed by atoms with E-state index in [1.807, 2.05) is 30.3 Å². The molecule has 1 amide bonds. The largest absolute Gasteiger partial charge is 0.351 e. The average Bonchev–Trinajstić information content (AvgIpc) is 3.06. The van der Waals surface area contributed by atoms with Crippen molar-refractivity contribution >= 4 is 5.91 Å². The smallest absolute Gasteiger partial charge is 0.292 e. The van der Waals surface area contributed by atoms with E-state index >= 15 is 0 Å². The first-order valence-corrected chi connectivity index (χ1v) is 7.88. The van der Waals surface area contributed by atoms with Gasteiger partial charge in [-0.05, 0) is 36.6 Å². The third-order valence-electron chi connectivity index (χ3n) is 3.76. The van der Waals surface area contributed by atoms with Gasteiger partial charge in [-0.3, -0.25) is 9.78 Å². The van der Waals surface area contributed by atoms with Gasteiger partial charge in [0.2, 0.25) is 5.76 Å². The fourth-order valence-electron chi connectivity index (χ4n) is 2.49. The average molecular weight is 321 g/mol. The van der Waals surface area contributed by atoms with Gasteiger partial charge in [0, 0.05) is 31.5 Å². The van der Waals surface area contributed by atoms with Gasteiger partial charge in [0.15, 0.2) is 0 Å². The van der Waals surface area contributed by atoms with E-state index in [1.54, 1.807) is 30.3 Å². The van der Waals surface area contributed by atoms with Gasteiger partial charge in [-0.1, -0.05) is 35.5 Å². The molecule has 0 aliphatic rings. The number of hydrogen-bond donors (Lipinski definition) is 0. The zero-order valence-corrected chi connectivity index (χ0v) is 13.6. The Morgan fingerprint density at radius 3 is 2.50 bits per heavy atom. The fraction of sp³-hybridized carbons (Fsp3) is 0.211. The van der Waals surface area contributed by atoms with Crippen molar-refractivity contribution in [3.8, 4) is 0 Å². The summed E-state index contributed by atoms with van der Waals surface area (Å²) in [7, 11) is 0. The number of carbonyl (C=O) groups excluding carboxylic acids is 1. The molecule has 3 aromatic rings. The van der Waals surface area contributed by atoms with Gasteiger partial charge in [-0.15, -0.1) is 0 Å². The second-order valence-corrected chi connectivity index (χ2v) is 5.65. The first kappa shape index (κ1) is 15.9. The summed E-state index contributed by atoms with van der Waals surface area (Å²) in [6.45, 7) is 2.91. The number of hydrogen-bond acceptors (Lipinski definition) is 4. The van der Waals surface area contributed by atoms with E-state index in [2.05, 4.69) is 22.3 Å². The highest BCUT2D eigenvalue weighted by molar-refractivity contribution is 5.91. The van der Waals surface area contributed by atoms with Crippen LogP contribution in [0.15, 0.2) is 65.4 Å². The van der Waals surface area contributed by atoms with E-state index in [0.717, 1.165) is 12.0 Å². The second-order valence-electron chi connectivity index (χ2n) is 5.65. The van der Waals surface area contributed by atoms with Gasteiger partial charge < -0.3 is 9.42 Å². The molecule has 5 nitrogen and oxygen atoms in total. The van der Waals surface area contributed by atoms with Crippen molar-refractivity contribution in [3.63, 3.8) is 0 Å². The number of aryl methyl sites for hydroxylation is 1. The highest BCUT2D eigenvalue weighted by Crippen LogP contribution is 2.12. The highest BCUT2D eigenvalue weighted by atomic mass is 16.5. The summed E-state index contributed by atoms with van der Waals surface area (Å²) in [4.78, 5) is 18.6. The van der Waals surface area contributed by atoms with E-state index < -0.39 is 0 Å². The molecule has 0 unspecified atom stereocenters. The van der Waals surface area contributed by atoms with E-state index in [0.29, 0.717) is 18.8 Å². The number of amides is 1. The molecule has 24 heavy (non-hydrogen) atoms. The molecule has 0 N–H and O–H groups in total. The molecule has 0 saturated carbocycles. The van der Waals surface area contributed by atoms with Crippen molar-refractivity contribution in [1.29, 1.82) is 0 Å². The Morgan fingerprint density at radius 2 is 1.83 bits per heavy atom. The first-order valence-electron chi connectivity index (χ1n) is 7.88. The minimum absolute atomic E-state index is 0.150. The van der Waals surface area contributed by atoms with Crippen LogP contribution in [0.5, 0.6) is 0 Å². The third kappa shape index (κ3) is 4.07. The molecule has 122 valence electrons. The Balaban J connectivity index is 1.76. The molecule has 2 heterocycles. The second kappa shape index (κ2) is 7.55. The third-order valence-corrected chi connectivity index (χ3v) is 3.76. The summed E-state index contributed by atoms with van der Waals surface area (Å²) >= 11 is 0. The molecule has 0 aliphatic carbocycles. The molecule has 0 spiro atoms. The highest BCUT2D eigenvalue weighted by Gasteiger charge is 2.20. The minimum Gasteiger partial charge on any atom is -0.351 e. The summed E-state index contributed by atoms with van der Waals surface area (Å²) in [6, 6.07) is 15.6. The van der Waals surface area contributed by atoms with Crippen molar-refractivity contribution in [2.45, 2.75) is 19.9 Å². The van der Waals surface area contributed by atoms with Crippen molar-refractivity contribution in [2.24, 2.45) is 0 Å². The SMILES string of the molecule is Cc1cc(C(=O)N(CCc2ccccc2)Cc2ccncc2)on1. The van der Waals surface area contributed by atoms with E-state index in [9.17, 15) is 4.79 Å². The maximum atomic E-state index is 12.8. The predicted octanol–water partition coefficient (Wildman–Crippen LogP) is 3.26. The van der Waals surface area contributed by atoms with Crippen LogP contribution in [0, 0.1) is 6.92 Å². The summed E-state index contributed by atoms with van der Waals surface area (Å²) < 4.78 is 5.14. The lowest BCUT2D eigenvalue weighted by Crippen LogP contribution is -2.32. The number of aromatic nitrogens is 2. The molecule has 0 atom stereocenters. The summed E-state index contributed by atoms with van der Waals surface area (Å²) in [5, 5.41) is 3.81. The van der Waals surface area contributed by atoms with Crippen LogP contribution in [0.4, 0.5) is 0 Å². The molecule has 0 fully saturated rings. The Bertz CT molecular complexity index is 785. The van der Waals surface area contributed by atoms with E-state index in [-0.39, 0.29) is 11.7 Å². The molecular weight excluding hydrogens is 302 g/mol. The van der Waals surface area contributed by atoms with E-state index in [4.69, 9.17) is 4.52 Å². The predicted molar refractivity (Wildman–Crippen MR) is 90.4 cm³/mol. The van der Waals surface area contributed by atoms with Gasteiger partial charge in [-0.25, -0.2) is 0 Å². The summed E-state index contributed by atoms with van der Waals surface area (Å²) in [5.41, 5.74) is 2.92. The van der Waals surface area contributed by atoms with Gasteiger partial charge >= 0.3 is 0 Å². The molecule has 3 rings (SSSR count). The molecule has 5 heteroatoms. The lowest BCUT2D eigenvalue weighted by molar-refractivity contribution is 0.0703. The Labute approximate surface area is 140 Å².